The van der Waals surface area contributed by atoms with E-state index in [9.17, 15) is 24.4 Å². The Morgan fingerprint density at radius 3 is 2.61 bits per heavy atom. The standard InChI is InChI=1S/C28H39N5O5/c1-27(2,3)22(32-24(35)20-5-4-10-38-20)25(36)33-14-19-15-6-7-16(11-15)21(19)28(33,26(30)37)18(13-29)12-17-8-9-31-23(17)34/h6-7,15-22H,4-5,8-12,14H2,1-3H3,(H2,30,37)(H,31,34)(H,32,35)/t15?,16?,17-,18-,19?,20-,21?,22-,28?/m1/s1. The Hall–Kier alpha value is -2.93. The molecule has 0 aromatic rings. The van der Waals surface area contributed by atoms with E-state index < -0.39 is 46.7 Å². The van der Waals surface area contributed by atoms with E-state index in [1.165, 1.54) is 4.90 Å². The number of carbonyl (C=O) groups is 4. The number of hydrogen-bond acceptors (Lipinski definition) is 6. The molecule has 9 atom stereocenters. The summed E-state index contributed by atoms with van der Waals surface area (Å²) in [4.78, 5) is 55.3. The SMILES string of the molecule is CC(C)(C)[C@H](NC(=O)[C@H]1CCCO1)C(=O)N1CC2C3C=CC(C3)C2C1(C(N)=O)[C@@H](C#N)C[C@H]1CCNC1=O. The van der Waals surface area contributed by atoms with Gasteiger partial charge < -0.3 is 26.0 Å². The minimum atomic E-state index is -1.57. The van der Waals surface area contributed by atoms with Crippen LogP contribution in [0, 0.1) is 52.3 Å². The summed E-state index contributed by atoms with van der Waals surface area (Å²) < 4.78 is 5.55. The third kappa shape index (κ3) is 4.10. The Morgan fingerprint density at radius 2 is 2.03 bits per heavy atom. The predicted octanol–water partition coefficient (Wildman–Crippen LogP) is 0.867. The van der Waals surface area contributed by atoms with E-state index >= 15 is 0 Å². The lowest BCUT2D eigenvalue weighted by atomic mass is 9.65. The molecule has 4 N–H and O–H groups in total. The number of nitrogens with two attached hydrogens (primary N) is 1. The Kier molecular flexibility index (Phi) is 6.79. The van der Waals surface area contributed by atoms with Crippen molar-refractivity contribution in [3.63, 3.8) is 0 Å². The number of rotatable bonds is 7. The Morgan fingerprint density at radius 1 is 1.29 bits per heavy atom. The first-order chi connectivity index (χ1) is 18.0. The Labute approximate surface area is 223 Å². The number of fused-ring (bicyclic) bond motifs is 5. The highest BCUT2D eigenvalue weighted by Gasteiger charge is 2.69. The minimum Gasteiger partial charge on any atom is -0.368 e. The molecule has 38 heavy (non-hydrogen) atoms. The fraction of sp³-hybridized carbons (Fsp3) is 0.750. The summed E-state index contributed by atoms with van der Waals surface area (Å²) in [5, 5.41) is 16.2. The zero-order valence-corrected chi connectivity index (χ0v) is 22.4. The van der Waals surface area contributed by atoms with Crippen LogP contribution in [-0.4, -0.2) is 65.9 Å². The maximum atomic E-state index is 14.5. The minimum absolute atomic E-state index is 0.0100. The van der Waals surface area contributed by atoms with Gasteiger partial charge in [-0.2, -0.15) is 5.26 Å². The van der Waals surface area contributed by atoms with Crippen molar-refractivity contribution in [2.75, 3.05) is 19.7 Å². The van der Waals surface area contributed by atoms with E-state index in [-0.39, 0.29) is 48.5 Å². The number of hydrogen-bond donors (Lipinski definition) is 3. The Bertz CT molecular complexity index is 1090. The first-order valence-electron chi connectivity index (χ1n) is 13.9. The van der Waals surface area contributed by atoms with Gasteiger partial charge in [0.1, 0.15) is 17.7 Å². The van der Waals surface area contributed by atoms with Crippen molar-refractivity contribution in [1.82, 2.24) is 15.5 Å². The molecule has 1 saturated carbocycles. The monoisotopic (exact) mass is 525 g/mol. The highest BCUT2D eigenvalue weighted by Crippen LogP contribution is 2.60. The quantitative estimate of drug-likeness (QED) is 0.419. The second-order valence-electron chi connectivity index (χ2n) is 12.8. The summed E-state index contributed by atoms with van der Waals surface area (Å²) in [6.07, 6.45) is 6.59. The molecule has 3 saturated heterocycles. The highest BCUT2D eigenvalue weighted by molar-refractivity contribution is 5.96. The van der Waals surface area contributed by atoms with Crippen molar-refractivity contribution in [3.05, 3.63) is 12.2 Å². The van der Waals surface area contributed by atoms with Gasteiger partial charge in [0.2, 0.25) is 23.6 Å². The van der Waals surface area contributed by atoms with Crippen LogP contribution in [-0.2, 0) is 23.9 Å². The van der Waals surface area contributed by atoms with E-state index in [1.807, 2.05) is 20.8 Å². The molecule has 10 heteroatoms. The number of ether oxygens (including phenoxy) is 1. The van der Waals surface area contributed by atoms with Crippen LogP contribution in [0.25, 0.3) is 0 Å². The lowest BCUT2D eigenvalue weighted by molar-refractivity contribution is -0.154. The zero-order valence-electron chi connectivity index (χ0n) is 22.4. The molecule has 4 fully saturated rings. The van der Waals surface area contributed by atoms with Crippen LogP contribution in [0.2, 0.25) is 0 Å². The highest BCUT2D eigenvalue weighted by atomic mass is 16.5. The molecule has 5 rings (SSSR count). The second kappa shape index (κ2) is 9.67. The average molecular weight is 526 g/mol. The van der Waals surface area contributed by atoms with Crippen LogP contribution in [0.15, 0.2) is 12.2 Å². The number of likely N-dealkylation sites (tertiary alicyclic amines) is 1. The van der Waals surface area contributed by atoms with Gasteiger partial charge in [-0.1, -0.05) is 32.9 Å². The number of primary amides is 1. The van der Waals surface area contributed by atoms with Crippen LogP contribution in [0.4, 0.5) is 0 Å². The van der Waals surface area contributed by atoms with Gasteiger partial charge in [-0.15, -0.1) is 0 Å². The van der Waals surface area contributed by atoms with Crippen molar-refractivity contribution < 1.29 is 23.9 Å². The summed E-state index contributed by atoms with van der Waals surface area (Å²) in [5.41, 5.74) is 3.98. The summed E-state index contributed by atoms with van der Waals surface area (Å²) >= 11 is 0. The number of nitriles is 1. The van der Waals surface area contributed by atoms with E-state index in [2.05, 4.69) is 28.9 Å². The van der Waals surface area contributed by atoms with Gasteiger partial charge in [0, 0.05) is 31.5 Å². The van der Waals surface area contributed by atoms with Crippen LogP contribution >= 0.6 is 0 Å². The summed E-state index contributed by atoms with van der Waals surface area (Å²) in [6.45, 7) is 6.91. The molecule has 3 heterocycles. The topological polar surface area (TPSA) is 155 Å². The summed E-state index contributed by atoms with van der Waals surface area (Å²) in [5.74, 6) is -3.05. The molecule has 0 spiro atoms. The van der Waals surface area contributed by atoms with Crippen LogP contribution in [0.1, 0.15) is 52.9 Å². The third-order valence-electron chi connectivity index (χ3n) is 9.62. The maximum absolute atomic E-state index is 14.5. The van der Waals surface area contributed by atoms with Crippen LogP contribution < -0.4 is 16.4 Å². The average Bonchev–Trinajstić information content (AvgIpc) is 3.67. The molecule has 2 bridgehead atoms. The van der Waals surface area contributed by atoms with E-state index in [1.54, 1.807) is 0 Å². The van der Waals surface area contributed by atoms with Gasteiger partial charge in [0.25, 0.3) is 0 Å². The molecule has 5 unspecified atom stereocenters. The Balaban J connectivity index is 1.54. The van der Waals surface area contributed by atoms with Crippen LogP contribution in [0.3, 0.4) is 0 Å². The van der Waals surface area contributed by atoms with E-state index in [4.69, 9.17) is 10.5 Å². The molecule has 0 aromatic heterocycles. The van der Waals surface area contributed by atoms with Gasteiger partial charge in [0.15, 0.2) is 0 Å². The lowest BCUT2D eigenvalue weighted by Crippen LogP contribution is -2.68. The van der Waals surface area contributed by atoms with E-state index in [0.717, 1.165) is 12.8 Å². The van der Waals surface area contributed by atoms with Crippen LogP contribution in [0.5, 0.6) is 0 Å². The molecular formula is C28H39N5O5. The third-order valence-corrected chi connectivity index (χ3v) is 9.62. The fourth-order valence-corrected chi connectivity index (χ4v) is 7.84. The molecule has 0 aromatic carbocycles. The van der Waals surface area contributed by atoms with Gasteiger partial charge in [-0.25, -0.2) is 0 Å². The normalized spacial score (nSPS) is 37.0. The van der Waals surface area contributed by atoms with E-state index in [0.29, 0.717) is 26.0 Å². The number of nitrogens with zero attached hydrogens (tertiary/aromatic N) is 2. The van der Waals surface area contributed by atoms with Crippen molar-refractivity contribution in [1.29, 1.82) is 5.26 Å². The molecule has 2 aliphatic carbocycles. The molecule has 5 aliphatic rings. The first-order valence-corrected chi connectivity index (χ1v) is 13.9. The summed E-state index contributed by atoms with van der Waals surface area (Å²) in [7, 11) is 0. The molecule has 10 nitrogen and oxygen atoms in total. The first kappa shape index (κ1) is 26.7. The molecule has 3 aliphatic heterocycles. The van der Waals surface area contributed by atoms with Gasteiger partial charge in [0.05, 0.1) is 12.0 Å². The number of amides is 4. The van der Waals surface area contributed by atoms with Gasteiger partial charge >= 0.3 is 0 Å². The molecule has 0 radical (unpaired) electrons. The lowest BCUT2D eigenvalue weighted by Gasteiger charge is -2.46. The van der Waals surface area contributed by atoms with Crippen molar-refractivity contribution in [2.45, 2.75) is 70.6 Å². The number of carbonyl (C=O) groups excluding carboxylic acids is 4. The predicted molar refractivity (Wildman–Crippen MR) is 137 cm³/mol. The second-order valence-corrected chi connectivity index (χ2v) is 12.8. The maximum Gasteiger partial charge on any atom is 0.249 e. The van der Waals surface area contributed by atoms with Gasteiger partial charge in [-0.3, -0.25) is 19.2 Å². The van der Waals surface area contributed by atoms with Crippen molar-refractivity contribution in [3.8, 4) is 6.07 Å². The van der Waals surface area contributed by atoms with Crippen molar-refractivity contribution >= 4 is 23.6 Å². The molecule has 4 amide bonds. The van der Waals surface area contributed by atoms with Gasteiger partial charge in [-0.05, 0) is 55.3 Å². The van der Waals surface area contributed by atoms with Crippen molar-refractivity contribution in [2.24, 2.45) is 46.7 Å². The largest absolute Gasteiger partial charge is 0.368 e. The number of nitrogens with one attached hydrogen (secondary N) is 2. The smallest absolute Gasteiger partial charge is 0.249 e. The molecular weight excluding hydrogens is 486 g/mol. The number of allylic oxidation sites excluding steroid dienone is 2. The summed E-state index contributed by atoms with van der Waals surface area (Å²) in [6, 6.07) is 1.38. The molecule has 206 valence electrons. The zero-order chi connectivity index (χ0) is 27.4. The fourth-order valence-electron chi connectivity index (χ4n) is 7.84.